The molecule has 1 amide bonds. The van der Waals surface area contributed by atoms with Gasteiger partial charge in [0.25, 0.3) is 5.56 Å². The molecule has 0 saturated heterocycles. The lowest BCUT2D eigenvalue weighted by Crippen LogP contribution is -2.37. The molecule has 0 unspecified atom stereocenters. The lowest BCUT2D eigenvalue weighted by Gasteiger charge is -2.27. The Kier molecular flexibility index (Phi) is 5.85. The molecule has 1 N–H and O–H groups in total. The lowest BCUT2D eigenvalue weighted by atomic mass is 10.0. The molecule has 0 radical (unpaired) electrons. The SMILES string of the molecule is CCc1ccc(-n2c(SCC(=O)N3CCc4[nH]c5ccccc5c4C3)nc3ccccc3c2=O)cc1. The maximum atomic E-state index is 13.5. The van der Waals surface area contributed by atoms with Gasteiger partial charge in [-0.2, -0.15) is 0 Å². The van der Waals surface area contributed by atoms with Gasteiger partial charge >= 0.3 is 0 Å². The smallest absolute Gasteiger partial charge is 0.266 e. The fraction of sp³-hybridized carbons (Fsp3) is 0.207. The topological polar surface area (TPSA) is 71.0 Å². The summed E-state index contributed by atoms with van der Waals surface area (Å²) in [6, 6.07) is 23.6. The number of carbonyl (C=O) groups excluding carboxylic acids is 1. The molecular formula is C29H26N4O2S. The molecule has 2 aromatic heterocycles. The van der Waals surface area contributed by atoms with Gasteiger partial charge in [-0.15, -0.1) is 0 Å². The Bertz CT molecular complexity index is 1650. The number of nitrogens with zero attached hydrogens (tertiary/aromatic N) is 3. The Hall–Kier alpha value is -3.84. The van der Waals surface area contributed by atoms with Gasteiger partial charge in [0.2, 0.25) is 5.91 Å². The van der Waals surface area contributed by atoms with E-state index in [0.29, 0.717) is 29.1 Å². The monoisotopic (exact) mass is 494 g/mol. The van der Waals surface area contributed by atoms with Crippen molar-refractivity contribution < 1.29 is 4.79 Å². The molecule has 0 spiro atoms. The number of aromatic nitrogens is 3. The third-order valence-electron chi connectivity index (χ3n) is 6.91. The lowest BCUT2D eigenvalue weighted by molar-refractivity contribution is -0.129. The van der Waals surface area contributed by atoms with Crippen LogP contribution in [0.2, 0.25) is 0 Å². The first-order valence-electron chi connectivity index (χ1n) is 12.2. The number of H-pyrrole nitrogens is 1. The van der Waals surface area contributed by atoms with E-state index in [1.54, 1.807) is 10.6 Å². The van der Waals surface area contributed by atoms with Crippen LogP contribution < -0.4 is 5.56 Å². The number of aryl methyl sites for hydroxylation is 1. The number of nitrogens with one attached hydrogen (secondary N) is 1. The molecule has 180 valence electrons. The molecule has 7 heteroatoms. The van der Waals surface area contributed by atoms with E-state index in [4.69, 9.17) is 4.98 Å². The van der Waals surface area contributed by atoms with Crippen LogP contribution in [0.3, 0.4) is 0 Å². The summed E-state index contributed by atoms with van der Waals surface area (Å²) in [5.74, 6) is 0.265. The van der Waals surface area contributed by atoms with E-state index in [1.165, 1.54) is 34.0 Å². The van der Waals surface area contributed by atoms with Crippen molar-refractivity contribution in [2.75, 3.05) is 12.3 Å². The van der Waals surface area contributed by atoms with Crippen LogP contribution in [0.1, 0.15) is 23.7 Å². The minimum Gasteiger partial charge on any atom is -0.358 e. The molecule has 3 heterocycles. The summed E-state index contributed by atoms with van der Waals surface area (Å²) >= 11 is 1.32. The van der Waals surface area contributed by atoms with Gasteiger partial charge < -0.3 is 9.88 Å². The molecule has 0 fully saturated rings. The van der Waals surface area contributed by atoms with Crippen molar-refractivity contribution >= 4 is 39.5 Å². The number of para-hydroxylation sites is 2. The summed E-state index contributed by atoms with van der Waals surface area (Å²) in [5.41, 5.74) is 6.00. The minimum atomic E-state index is -0.124. The maximum Gasteiger partial charge on any atom is 0.266 e. The largest absolute Gasteiger partial charge is 0.358 e. The number of carbonyl (C=O) groups is 1. The van der Waals surface area contributed by atoms with Crippen LogP contribution >= 0.6 is 11.8 Å². The zero-order valence-corrected chi connectivity index (χ0v) is 20.8. The van der Waals surface area contributed by atoms with Crippen LogP contribution in [0.4, 0.5) is 0 Å². The van der Waals surface area contributed by atoms with Gasteiger partial charge in [0.05, 0.1) is 22.3 Å². The molecular weight excluding hydrogens is 468 g/mol. The van der Waals surface area contributed by atoms with Crippen LogP contribution in [0.15, 0.2) is 82.7 Å². The average Bonchev–Trinajstić information content (AvgIpc) is 3.30. The standard InChI is InChI=1S/C29H26N4O2S/c1-2-19-11-13-20(14-12-19)33-28(35)22-8-4-6-10-25(22)31-29(33)36-18-27(34)32-16-15-26-23(17-32)21-7-3-5-9-24(21)30-26/h3-14,30H,2,15-18H2,1H3. The van der Waals surface area contributed by atoms with Gasteiger partial charge in [-0.3, -0.25) is 14.2 Å². The Labute approximate surface area is 213 Å². The quantitative estimate of drug-likeness (QED) is 0.272. The van der Waals surface area contributed by atoms with Crippen molar-refractivity contribution in [3.8, 4) is 5.69 Å². The van der Waals surface area contributed by atoms with Crippen molar-refractivity contribution in [3.05, 3.63) is 100.0 Å². The fourth-order valence-electron chi connectivity index (χ4n) is 4.91. The average molecular weight is 495 g/mol. The molecule has 5 aromatic rings. The van der Waals surface area contributed by atoms with E-state index in [-0.39, 0.29) is 17.2 Å². The van der Waals surface area contributed by atoms with Crippen LogP contribution in [-0.2, 0) is 24.2 Å². The number of amides is 1. The summed E-state index contributed by atoms with van der Waals surface area (Å²) in [5, 5.41) is 2.27. The first-order chi connectivity index (χ1) is 17.6. The van der Waals surface area contributed by atoms with Crippen molar-refractivity contribution in [3.63, 3.8) is 0 Å². The van der Waals surface area contributed by atoms with Crippen LogP contribution in [0.25, 0.3) is 27.5 Å². The van der Waals surface area contributed by atoms with E-state index in [1.807, 2.05) is 59.5 Å². The Morgan fingerprint density at radius 2 is 1.75 bits per heavy atom. The zero-order valence-electron chi connectivity index (χ0n) is 20.0. The molecule has 1 aliphatic heterocycles. The van der Waals surface area contributed by atoms with Crippen molar-refractivity contribution in [1.29, 1.82) is 0 Å². The second kappa shape index (κ2) is 9.32. The number of fused-ring (bicyclic) bond motifs is 4. The summed E-state index contributed by atoms with van der Waals surface area (Å²) in [6.45, 7) is 3.37. The van der Waals surface area contributed by atoms with Crippen LogP contribution in [0, 0.1) is 0 Å². The van der Waals surface area contributed by atoms with Gasteiger partial charge in [0.15, 0.2) is 5.16 Å². The number of hydrogen-bond donors (Lipinski definition) is 1. The molecule has 0 aliphatic carbocycles. The highest BCUT2D eigenvalue weighted by Crippen LogP contribution is 2.29. The number of benzene rings is 3. The van der Waals surface area contributed by atoms with Gasteiger partial charge in [-0.05, 0) is 42.3 Å². The second-order valence-electron chi connectivity index (χ2n) is 9.05. The van der Waals surface area contributed by atoms with E-state index >= 15 is 0 Å². The Morgan fingerprint density at radius 3 is 2.56 bits per heavy atom. The van der Waals surface area contributed by atoms with Crippen molar-refractivity contribution in [2.45, 2.75) is 31.5 Å². The normalized spacial score (nSPS) is 13.3. The van der Waals surface area contributed by atoms with Crippen molar-refractivity contribution in [2.24, 2.45) is 0 Å². The first-order valence-corrected chi connectivity index (χ1v) is 13.2. The van der Waals surface area contributed by atoms with E-state index in [9.17, 15) is 9.59 Å². The highest BCUT2D eigenvalue weighted by Gasteiger charge is 2.24. The highest BCUT2D eigenvalue weighted by atomic mass is 32.2. The van der Waals surface area contributed by atoms with Crippen molar-refractivity contribution in [1.82, 2.24) is 19.4 Å². The van der Waals surface area contributed by atoms with Gasteiger partial charge in [-0.1, -0.05) is 61.2 Å². The second-order valence-corrected chi connectivity index (χ2v) is 10.00. The van der Waals surface area contributed by atoms with Gasteiger partial charge in [0.1, 0.15) is 0 Å². The van der Waals surface area contributed by atoms with E-state index in [2.05, 4.69) is 24.0 Å². The number of thioether (sulfide) groups is 1. The molecule has 0 atom stereocenters. The number of hydrogen-bond acceptors (Lipinski definition) is 4. The summed E-state index contributed by atoms with van der Waals surface area (Å²) in [4.78, 5) is 37.0. The summed E-state index contributed by atoms with van der Waals surface area (Å²) in [7, 11) is 0. The molecule has 3 aromatic carbocycles. The fourth-order valence-corrected chi connectivity index (χ4v) is 5.83. The maximum absolute atomic E-state index is 13.5. The summed E-state index contributed by atoms with van der Waals surface area (Å²) < 4.78 is 1.63. The highest BCUT2D eigenvalue weighted by molar-refractivity contribution is 7.99. The first kappa shape index (κ1) is 22.6. The minimum absolute atomic E-state index is 0.0474. The molecule has 0 bridgehead atoms. The predicted molar refractivity (Wildman–Crippen MR) is 145 cm³/mol. The number of rotatable bonds is 5. The van der Waals surface area contributed by atoms with Crippen LogP contribution in [0.5, 0.6) is 0 Å². The Balaban J connectivity index is 1.29. The third-order valence-corrected chi connectivity index (χ3v) is 7.83. The Morgan fingerprint density at radius 1 is 1.00 bits per heavy atom. The molecule has 6 rings (SSSR count). The molecule has 0 saturated carbocycles. The predicted octanol–water partition coefficient (Wildman–Crippen LogP) is 5.11. The zero-order chi connectivity index (χ0) is 24.6. The third kappa shape index (κ3) is 3.99. The van der Waals surface area contributed by atoms with Crippen LogP contribution in [-0.4, -0.2) is 37.6 Å². The van der Waals surface area contributed by atoms with E-state index < -0.39 is 0 Å². The van der Waals surface area contributed by atoms with Gasteiger partial charge in [-0.25, -0.2) is 4.98 Å². The molecule has 36 heavy (non-hydrogen) atoms. The number of aromatic amines is 1. The summed E-state index contributed by atoms with van der Waals surface area (Å²) in [6.07, 6.45) is 1.73. The van der Waals surface area contributed by atoms with E-state index in [0.717, 1.165) is 24.0 Å². The molecule has 6 nitrogen and oxygen atoms in total. The van der Waals surface area contributed by atoms with Gasteiger partial charge in [0, 0.05) is 41.7 Å². The molecule has 1 aliphatic rings.